The van der Waals surface area contributed by atoms with Gasteiger partial charge in [-0.2, -0.15) is 0 Å². The molecule has 0 aromatic carbocycles. The second kappa shape index (κ2) is 64.6. The van der Waals surface area contributed by atoms with Crippen LogP contribution in [0.2, 0.25) is 0 Å². The van der Waals surface area contributed by atoms with Gasteiger partial charge >= 0.3 is 11.9 Å². The van der Waals surface area contributed by atoms with Crippen LogP contribution in [0.5, 0.6) is 0 Å². The largest absolute Gasteiger partial charge is 0.462 e. The number of unbranched alkanes of at least 4 members (excludes halogenated alkanes) is 37. The molecule has 0 saturated carbocycles. The molecule has 0 rings (SSSR count). The van der Waals surface area contributed by atoms with Crippen molar-refractivity contribution in [1.29, 1.82) is 0 Å². The van der Waals surface area contributed by atoms with Crippen molar-refractivity contribution in [1.82, 2.24) is 0 Å². The molecule has 0 saturated heterocycles. The Bertz CT molecular complexity index is 1310. The first-order valence-electron chi connectivity index (χ1n) is 32.5. The molecule has 0 fully saturated rings. The first-order valence-corrected chi connectivity index (χ1v) is 32.5. The van der Waals surface area contributed by atoms with Crippen molar-refractivity contribution in [3.05, 3.63) is 72.9 Å². The molecule has 0 radical (unpaired) electrons. The molecule has 0 N–H and O–H groups in total. The summed E-state index contributed by atoms with van der Waals surface area (Å²) in [7, 11) is 0. The monoisotopic (exact) mass is 1030 g/mol. The number of carbonyl (C=O) groups excluding carboxylic acids is 2. The minimum absolute atomic E-state index is 0.0754. The van der Waals surface area contributed by atoms with E-state index in [-0.39, 0.29) is 25.2 Å². The van der Waals surface area contributed by atoms with Gasteiger partial charge in [0.05, 0.1) is 6.61 Å². The molecule has 0 aliphatic heterocycles. The van der Waals surface area contributed by atoms with Gasteiger partial charge in [0.2, 0.25) is 0 Å². The Labute approximate surface area is 461 Å². The van der Waals surface area contributed by atoms with Crippen LogP contribution in [0.25, 0.3) is 0 Å². The first kappa shape index (κ1) is 71.3. The van der Waals surface area contributed by atoms with E-state index in [2.05, 4.69) is 93.7 Å². The number of hydrogen-bond acceptors (Lipinski definition) is 5. The number of ether oxygens (including phenoxy) is 3. The Hall–Kier alpha value is -2.66. The molecule has 1 atom stereocenters. The fourth-order valence-electron chi connectivity index (χ4n) is 9.35. The Morgan fingerprint density at radius 3 is 0.932 bits per heavy atom. The van der Waals surface area contributed by atoms with Crippen molar-refractivity contribution < 1.29 is 23.8 Å². The Kier molecular flexibility index (Phi) is 62.3. The summed E-state index contributed by atoms with van der Waals surface area (Å²) in [6.07, 6.45) is 85.1. The van der Waals surface area contributed by atoms with Gasteiger partial charge in [-0.25, -0.2) is 0 Å². The predicted molar refractivity (Wildman–Crippen MR) is 325 cm³/mol. The molecular formula is C69H124O5. The van der Waals surface area contributed by atoms with Crippen LogP contribution in [0.15, 0.2) is 72.9 Å². The SMILES string of the molecule is CCCCC/C=C\C/C=C\C/C=C\CCCCCCCCCOCC(COC(=O)CCCCCCCC/C=C\C/C=C\C/C=C\CCCCC)OC(=O)CCCCCCCCCCCCCCCCCCCCC. The molecule has 0 aromatic rings. The molecule has 74 heavy (non-hydrogen) atoms. The van der Waals surface area contributed by atoms with Gasteiger partial charge < -0.3 is 14.2 Å². The third kappa shape index (κ3) is 61.9. The summed E-state index contributed by atoms with van der Waals surface area (Å²) < 4.78 is 17.6. The minimum atomic E-state index is -0.550. The van der Waals surface area contributed by atoms with Gasteiger partial charge in [-0.3, -0.25) is 9.59 Å². The van der Waals surface area contributed by atoms with Crippen LogP contribution in [0.1, 0.15) is 329 Å². The van der Waals surface area contributed by atoms with Crippen LogP contribution >= 0.6 is 0 Å². The van der Waals surface area contributed by atoms with Crippen LogP contribution in [0.3, 0.4) is 0 Å². The van der Waals surface area contributed by atoms with Crippen molar-refractivity contribution in [3.63, 3.8) is 0 Å². The molecule has 0 aromatic heterocycles. The fourth-order valence-corrected chi connectivity index (χ4v) is 9.35. The Morgan fingerprint density at radius 1 is 0.297 bits per heavy atom. The van der Waals surface area contributed by atoms with E-state index in [0.29, 0.717) is 19.4 Å². The van der Waals surface area contributed by atoms with Crippen LogP contribution in [0, 0.1) is 0 Å². The normalized spacial score (nSPS) is 12.6. The second-order valence-electron chi connectivity index (χ2n) is 21.7. The van der Waals surface area contributed by atoms with Crippen LogP contribution < -0.4 is 0 Å². The average Bonchev–Trinajstić information content (AvgIpc) is 3.40. The highest BCUT2D eigenvalue weighted by Crippen LogP contribution is 2.17. The topological polar surface area (TPSA) is 61.8 Å². The lowest BCUT2D eigenvalue weighted by Crippen LogP contribution is -2.30. The van der Waals surface area contributed by atoms with Crippen molar-refractivity contribution in [2.45, 2.75) is 335 Å². The van der Waals surface area contributed by atoms with Crippen molar-refractivity contribution in [2.24, 2.45) is 0 Å². The second-order valence-corrected chi connectivity index (χ2v) is 21.7. The maximum absolute atomic E-state index is 12.9. The quantitative estimate of drug-likeness (QED) is 0.0345. The first-order chi connectivity index (χ1) is 36.6. The van der Waals surface area contributed by atoms with E-state index in [1.807, 2.05) is 0 Å². The van der Waals surface area contributed by atoms with Crippen LogP contribution in [-0.2, 0) is 23.8 Å². The van der Waals surface area contributed by atoms with E-state index in [1.54, 1.807) is 0 Å². The molecule has 0 bridgehead atoms. The lowest BCUT2D eigenvalue weighted by Gasteiger charge is -2.18. The molecule has 5 heteroatoms. The zero-order valence-corrected chi connectivity index (χ0v) is 49.6. The molecule has 0 spiro atoms. The lowest BCUT2D eigenvalue weighted by atomic mass is 10.0. The summed E-state index contributed by atoms with van der Waals surface area (Å²) in [4.78, 5) is 25.7. The number of rotatable bonds is 60. The summed E-state index contributed by atoms with van der Waals surface area (Å²) in [5.74, 6) is -0.402. The van der Waals surface area contributed by atoms with Gasteiger partial charge in [-0.15, -0.1) is 0 Å². The van der Waals surface area contributed by atoms with Crippen molar-refractivity contribution in [2.75, 3.05) is 19.8 Å². The number of esters is 2. The van der Waals surface area contributed by atoms with E-state index in [9.17, 15) is 9.59 Å². The average molecular weight is 1030 g/mol. The van der Waals surface area contributed by atoms with Gasteiger partial charge in [0.1, 0.15) is 6.61 Å². The Morgan fingerprint density at radius 2 is 0.568 bits per heavy atom. The molecule has 1 unspecified atom stereocenters. The van der Waals surface area contributed by atoms with Crippen molar-refractivity contribution >= 4 is 11.9 Å². The minimum Gasteiger partial charge on any atom is -0.462 e. The zero-order valence-electron chi connectivity index (χ0n) is 49.6. The molecule has 0 amide bonds. The summed E-state index contributed by atoms with van der Waals surface area (Å²) >= 11 is 0. The van der Waals surface area contributed by atoms with Gasteiger partial charge in [-0.1, -0.05) is 293 Å². The van der Waals surface area contributed by atoms with E-state index in [0.717, 1.165) is 77.0 Å². The van der Waals surface area contributed by atoms with Gasteiger partial charge in [-0.05, 0) is 96.3 Å². The zero-order chi connectivity index (χ0) is 53.4. The molecule has 0 aliphatic rings. The van der Waals surface area contributed by atoms with Crippen LogP contribution in [0.4, 0.5) is 0 Å². The smallest absolute Gasteiger partial charge is 0.306 e. The van der Waals surface area contributed by atoms with Gasteiger partial charge in [0.25, 0.3) is 0 Å². The number of hydrogen-bond donors (Lipinski definition) is 0. The maximum Gasteiger partial charge on any atom is 0.306 e. The number of allylic oxidation sites excluding steroid dienone is 12. The van der Waals surface area contributed by atoms with E-state index in [4.69, 9.17) is 14.2 Å². The molecule has 0 heterocycles. The summed E-state index contributed by atoms with van der Waals surface area (Å²) in [5.41, 5.74) is 0. The standard InChI is InChI=1S/C69H124O5/c1-4-7-10-13-16-19-22-25-28-31-34-37-40-43-46-49-52-55-58-61-64-72-65-67(74-69(71)63-60-57-54-51-48-45-42-39-36-33-30-27-24-21-18-15-12-9-6-3)66-73-68(70)62-59-56-53-50-47-44-41-38-35-32-29-26-23-20-17-14-11-8-5-2/h16-17,19-20,25-26,28-29,34-35,37-38,67H,4-15,18,21-24,27,30-33,36,39-66H2,1-3H3/b19-16-,20-17-,28-25-,29-26-,37-34-,38-35-. The summed E-state index contributed by atoms with van der Waals surface area (Å²) in [6.45, 7) is 7.79. The van der Waals surface area contributed by atoms with E-state index < -0.39 is 6.10 Å². The molecule has 430 valence electrons. The highest BCUT2D eigenvalue weighted by Gasteiger charge is 2.18. The van der Waals surface area contributed by atoms with E-state index in [1.165, 1.54) is 218 Å². The fraction of sp³-hybridized carbons (Fsp3) is 0.797. The van der Waals surface area contributed by atoms with Crippen molar-refractivity contribution in [3.8, 4) is 0 Å². The Balaban J connectivity index is 4.31. The third-order valence-corrected chi connectivity index (χ3v) is 14.2. The maximum atomic E-state index is 12.9. The lowest BCUT2D eigenvalue weighted by molar-refractivity contribution is -0.163. The van der Waals surface area contributed by atoms with Gasteiger partial charge in [0.15, 0.2) is 6.10 Å². The van der Waals surface area contributed by atoms with E-state index >= 15 is 0 Å². The van der Waals surface area contributed by atoms with Gasteiger partial charge in [0, 0.05) is 19.4 Å². The summed E-state index contributed by atoms with van der Waals surface area (Å²) in [6, 6.07) is 0. The van der Waals surface area contributed by atoms with Crippen LogP contribution in [-0.4, -0.2) is 37.9 Å². The third-order valence-electron chi connectivity index (χ3n) is 14.2. The molecule has 5 nitrogen and oxygen atoms in total. The predicted octanol–water partition coefficient (Wildman–Crippen LogP) is 22.6. The highest BCUT2D eigenvalue weighted by molar-refractivity contribution is 5.70. The number of carbonyl (C=O) groups is 2. The highest BCUT2D eigenvalue weighted by atomic mass is 16.6. The summed E-state index contributed by atoms with van der Waals surface area (Å²) in [5, 5.41) is 0. The molecular weight excluding hydrogens is 909 g/mol. The molecule has 0 aliphatic carbocycles.